The highest BCUT2D eigenvalue weighted by molar-refractivity contribution is 7.92. The van der Waals surface area contributed by atoms with Gasteiger partial charge in [0.1, 0.15) is 16.5 Å². The molecule has 0 atom stereocenters. The van der Waals surface area contributed by atoms with E-state index in [2.05, 4.69) is 4.72 Å². The molecule has 0 aliphatic heterocycles. The smallest absolute Gasteiger partial charge is 0.265 e. The predicted octanol–water partition coefficient (Wildman–Crippen LogP) is 3.20. The molecule has 1 N–H and O–H groups in total. The van der Waals surface area contributed by atoms with E-state index < -0.39 is 15.8 Å². The Labute approximate surface area is 123 Å². The molecule has 0 aliphatic carbocycles. The molecule has 2 aromatic rings. The van der Waals surface area contributed by atoms with Crippen molar-refractivity contribution in [3.63, 3.8) is 0 Å². The number of hydrogen-bond donors (Lipinski definition) is 1. The maximum Gasteiger partial charge on any atom is 0.265 e. The second-order valence-electron chi connectivity index (χ2n) is 4.42. The molecule has 0 spiro atoms. The van der Waals surface area contributed by atoms with Crippen LogP contribution in [0, 0.1) is 5.82 Å². The van der Waals surface area contributed by atoms with E-state index in [0.29, 0.717) is 6.42 Å². The Morgan fingerprint density at radius 3 is 2.52 bits per heavy atom. The lowest BCUT2D eigenvalue weighted by Gasteiger charge is -2.13. The van der Waals surface area contributed by atoms with Crippen molar-refractivity contribution in [3.8, 4) is 5.75 Å². The summed E-state index contributed by atoms with van der Waals surface area (Å²) in [6.07, 6.45) is 0.687. The molecule has 0 amide bonds. The molecular formula is C15H16FNO3S. The van der Waals surface area contributed by atoms with Crippen molar-refractivity contribution >= 4 is 15.7 Å². The lowest BCUT2D eigenvalue weighted by molar-refractivity contribution is 0.402. The molecule has 2 rings (SSSR count). The van der Waals surface area contributed by atoms with Crippen molar-refractivity contribution in [2.45, 2.75) is 18.2 Å². The molecule has 0 saturated carbocycles. The molecule has 0 aromatic heterocycles. The first-order valence-corrected chi connectivity index (χ1v) is 7.90. The summed E-state index contributed by atoms with van der Waals surface area (Å²) < 4.78 is 45.8. The van der Waals surface area contributed by atoms with Crippen LogP contribution in [-0.2, 0) is 16.4 Å². The normalized spacial score (nSPS) is 11.2. The Kier molecular flexibility index (Phi) is 4.47. The molecule has 0 fully saturated rings. The van der Waals surface area contributed by atoms with E-state index >= 15 is 0 Å². The molecule has 2 aromatic carbocycles. The third-order valence-electron chi connectivity index (χ3n) is 3.04. The van der Waals surface area contributed by atoms with Gasteiger partial charge in [0.2, 0.25) is 0 Å². The van der Waals surface area contributed by atoms with E-state index in [1.165, 1.54) is 31.4 Å². The topological polar surface area (TPSA) is 55.4 Å². The average Bonchev–Trinajstić information content (AvgIpc) is 2.48. The summed E-state index contributed by atoms with van der Waals surface area (Å²) in [6, 6.07) is 10.5. The zero-order valence-corrected chi connectivity index (χ0v) is 12.6. The fraction of sp³-hybridized carbons (Fsp3) is 0.200. The Balaban J connectivity index is 2.46. The first-order valence-electron chi connectivity index (χ1n) is 6.42. The van der Waals surface area contributed by atoms with Gasteiger partial charge in [0.25, 0.3) is 10.0 Å². The summed E-state index contributed by atoms with van der Waals surface area (Å²) >= 11 is 0. The number of rotatable bonds is 5. The van der Waals surface area contributed by atoms with Gasteiger partial charge in [-0.25, -0.2) is 12.8 Å². The Morgan fingerprint density at radius 2 is 1.90 bits per heavy atom. The van der Waals surface area contributed by atoms with E-state index in [0.717, 1.165) is 5.56 Å². The molecule has 21 heavy (non-hydrogen) atoms. The van der Waals surface area contributed by atoms with Gasteiger partial charge < -0.3 is 4.74 Å². The summed E-state index contributed by atoms with van der Waals surface area (Å²) in [7, 11) is -2.53. The minimum atomic E-state index is -3.93. The van der Waals surface area contributed by atoms with Crippen LogP contribution < -0.4 is 9.46 Å². The average molecular weight is 309 g/mol. The summed E-state index contributed by atoms with van der Waals surface area (Å²) in [6.45, 7) is 1.92. The van der Waals surface area contributed by atoms with Crippen LogP contribution in [-0.4, -0.2) is 15.5 Å². The number of sulfonamides is 1. The number of ether oxygens (including phenoxy) is 1. The van der Waals surface area contributed by atoms with E-state index in [4.69, 9.17) is 4.74 Å². The van der Waals surface area contributed by atoms with Gasteiger partial charge in [0.05, 0.1) is 12.8 Å². The summed E-state index contributed by atoms with van der Waals surface area (Å²) in [5.41, 5.74) is 0.756. The fourth-order valence-corrected chi connectivity index (χ4v) is 3.18. The van der Waals surface area contributed by atoms with E-state index in [9.17, 15) is 12.8 Å². The van der Waals surface area contributed by atoms with Crippen LogP contribution in [0.1, 0.15) is 12.5 Å². The van der Waals surface area contributed by atoms with E-state index in [-0.39, 0.29) is 16.3 Å². The molecule has 0 bridgehead atoms. The van der Waals surface area contributed by atoms with Crippen molar-refractivity contribution in [1.82, 2.24) is 0 Å². The molecule has 0 heterocycles. The first-order chi connectivity index (χ1) is 9.97. The van der Waals surface area contributed by atoms with Crippen molar-refractivity contribution in [1.29, 1.82) is 0 Å². The maximum atomic E-state index is 13.6. The number of halogens is 1. The number of benzene rings is 2. The van der Waals surface area contributed by atoms with Gasteiger partial charge in [-0.1, -0.05) is 25.1 Å². The molecule has 0 aliphatic rings. The molecule has 112 valence electrons. The Morgan fingerprint density at radius 1 is 1.19 bits per heavy atom. The van der Waals surface area contributed by atoms with E-state index in [1.807, 2.05) is 6.92 Å². The molecule has 4 nitrogen and oxygen atoms in total. The number of anilines is 1. The van der Waals surface area contributed by atoms with Gasteiger partial charge in [-0.3, -0.25) is 4.72 Å². The molecule has 0 saturated heterocycles. The summed E-state index contributed by atoms with van der Waals surface area (Å²) in [5, 5.41) is 0. The van der Waals surface area contributed by atoms with Crippen LogP contribution in [0.5, 0.6) is 5.75 Å². The Hall–Kier alpha value is -2.08. The zero-order chi connectivity index (χ0) is 15.5. The Bertz CT molecular complexity index is 744. The van der Waals surface area contributed by atoms with Crippen molar-refractivity contribution in [2.75, 3.05) is 11.8 Å². The predicted molar refractivity (Wildman–Crippen MR) is 79.6 cm³/mol. The van der Waals surface area contributed by atoms with Gasteiger partial charge in [0, 0.05) is 0 Å². The maximum absolute atomic E-state index is 13.6. The van der Waals surface area contributed by atoms with Gasteiger partial charge in [-0.15, -0.1) is 0 Å². The van der Waals surface area contributed by atoms with Crippen molar-refractivity contribution in [2.24, 2.45) is 0 Å². The number of methoxy groups -OCH3 is 1. The highest BCUT2D eigenvalue weighted by atomic mass is 32.2. The van der Waals surface area contributed by atoms with E-state index in [1.54, 1.807) is 18.2 Å². The minimum absolute atomic E-state index is 0.00685. The second-order valence-corrected chi connectivity index (χ2v) is 6.07. The number of nitrogens with one attached hydrogen (secondary N) is 1. The van der Waals surface area contributed by atoms with Gasteiger partial charge in [0.15, 0.2) is 0 Å². The molecule has 6 heteroatoms. The van der Waals surface area contributed by atoms with Crippen molar-refractivity contribution in [3.05, 3.63) is 53.8 Å². The monoisotopic (exact) mass is 309 g/mol. The fourth-order valence-electron chi connectivity index (χ4n) is 1.89. The van der Waals surface area contributed by atoms with Crippen LogP contribution in [0.4, 0.5) is 10.1 Å². The first kappa shape index (κ1) is 15.3. The lowest BCUT2D eigenvalue weighted by atomic mass is 10.2. The van der Waals surface area contributed by atoms with Crippen LogP contribution in [0.2, 0.25) is 0 Å². The zero-order valence-electron chi connectivity index (χ0n) is 11.8. The third kappa shape index (κ3) is 3.33. The lowest BCUT2D eigenvalue weighted by Crippen LogP contribution is -2.15. The van der Waals surface area contributed by atoms with Crippen molar-refractivity contribution < 1.29 is 17.5 Å². The van der Waals surface area contributed by atoms with Gasteiger partial charge >= 0.3 is 0 Å². The summed E-state index contributed by atoms with van der Waals surface area (Å²) in [5.74, 6) is -0.414. The van der Waals surface area contributed by atoms with Gasteiger partial charge in [-0.2, -0.15) is 0 Å². The standard InChI is InChI=1S/C15H16FNO3S/c1-3-11-8-9-14(20-2)15(10-11)21(18,19)17-13-7-5-4-6-12(13)16/h4-10,17H,3H2,1-2H3. The van der Waals surface area contributed by atoms with Crippen LogP contribution in [0.25, 0.3) is 0 Å². The second kappa shape index (κ2) is 6.13. The SMILES string of the molecule is CCc1ccc(OC)c(S(=O)(=O)Nc2ccccc2F)c1. The largest absolute Gasteiger partial charge is 0.495 e. The quantitative estimate of drug-likeness (QED) is 0.923. The number of aryl methyl sites for hydroxylation is 1. The highest BCUT2D eigenvalue weighted by Crippen LogP contribution is 2.27. The third-order valence-corrected chi connectivity index (χ3v) is 4.43. The number of hydrogen-bond acceptors (Lipinski definition) is 3. The van der Waals surface area contributed by atoms with Crippen LogP contribution >= 0.6 is 0 Å². The number of para-hydroxylation sites is 1. The van der Waals surface area contributed by atoms with Crippen LogP contribution in [0.3, 0.4) is 0 Å². The molecular weight excluding hydrogens is 293 g/mol. The highest BCUT2D eigenvalue weighted by Gasteiger charge is 2.21. The molecule has 0 unspecified atom stereocenters. The molecule has 0 radical (unpaired) electrons. The van der Waals surface area contributed by atoms with Crippen LogP contribution in [0.15, 0.2) is 47.4 Å². The summed E-state index contributed by atoms with van der Waals surface area (Å²) in [4.78, 5) is -0.00685. The minimum Gasteiger partial charge on any atom is -0.495 e. The van der Waals surface area contributed by atoms with Gasteiger partial charge in [-0.05, 0) is 36.2 Å².